The molecule has 112 valence electrons. The number of halogens is 1. The smallest absolute Gasteiger partial charge is 0.223 e. The summed E-state index contributed by atoms with van der Waals surface area (Å²) in [6.45, 7) is 6.63. The normalized spacial score (nSPS) is 28.8. The summed E-state index contributed by atoms with van der Waals surface area (Å²) >= 11 is 0. The summed E-state index contributed by atoms with van der Waals surface area (Å²) in [6.07, 6.45) is 6.95. The van der Waals surface area contributed by atoms with Crippen LogP contribution in [-0.4, -0.2) is 25.0 Å². The van der Waals surface area contributed by atoms with Gasteiger partial charge < -0.3 is 10.6 Å². The predicted molar refractivity (Wildman–Crippen MR) is 81.6 cm³/mol. The van der Waals surface area contributed by atoms with E-state index in [1.807, 2.05) is 0 Å². The van der Waals surface area contributed by atoms with Crippen LogP contribution in [0.4, 0.5) is 0 Å². The van der Waals surface area contributed by atoms with Gasteiger partial charge in [0.1, 0.15) is 0 Å². The van der Waals surface area contributed by atoms with Crippen molar-refractivity contribution in [1.29, 1.82) is 0 Å². The van der Waals surface area contributed by atoms with Gasteiger partial charge in [-0.25, -0.2) is 0 Å². The van der Waals surface area contributed by atoms with Crippen molar-refractivity contribution in [2.75, 3.05) is 13.1 Å². The summed E-state index contributed by atoms with van der Waals surface area (Å²) in [5.41, 5.74) is 0. The van der Waals surface area contributed by atoms with Crippen molar-refractivity contribution in [1.82, 2.24) is 10.6 Å². The van der Waals surface area contributed by atoms with Gasteiger partial charge in [-0.3, -0.25) is 4.79 Å². The molecule has 0 unspecified atom stereocenters. The van der Waals surface area contributed by atoms with E-state index in [1.54, 1.807) is 0 Å². The lowest BCUT2D eigenvalue weighted by atomic mass is 9.79. The molecule has 1 saturated heterocycles. The summed E-state index contributed by atoms with van der Waals surface area (Å²) in [4.78, 5) is 12.1. The summed E-state index contributed by atoms with van der Waals surface area (Å²) in [7, 11) is 0. The van der Waals surface area contributed by atoms with Gasteiger partial charge in [0, 0.05) is 12.0 Å². The average Bonchev–Trinajstić information content (AvgIpc) is 2.40. The minimum absolute atomic E-state index is 0. The maximum Gasteiger partial charge on any atom is 0.223 e. The number of hydrogen-bond acceptors (Lipinski definition) is 2. The molecule has 19 heavy (non-hydrogen) atoms. The predicted octanol–water partition coefficient (Wildman–Crippen LogP) is 2.74. The maximum absolute atomic E-state index is 12.1. The fourth-order valence-corrected chi connectivity index (χ4v) is 3.33. The summed E-state index contributed by atoms with van der Waals surface area (Å²) in [6, 6.07) is 0.447. The van der Waals surface area contributed by atoms with E-state index in [-0.39, 0.29) is 18.3 Å². The first-order valence-electron chi connectivity index (χ1n) is 7.68. The summed E-state index contributed by atoms with van der Waals surface area (Å²) in [5.74, 6) is 2.24. The molecule has 0 aromatic rings. The number of amides is 1. The van der Waals surface area contributed by atoms with Crippen LogP contribution in [0.3, 0.4) is 0 Å². The topological polar surface area (TPSA) is 41.1 Å². The minimum Gasteiger partial charge on any atom is -0.353 e. The summed E-state index contributed by atoms with van der Waals surface area (Å²) in [5, 5.41) is 6.59. The van der Waals surface area contributed by atoms with Gasteiger partial charge in [-0.05, 0) is 63.5 Å². The molecule has 4 heteroatoms. The van der Waals surface area contributed by atoms with E-state index < -0.39 is 0 Å². The highest BCUT2D eigenvalue weighted by atomic mass is 35.5. The van der Waals surface area contributed by atoms with Crippen LogP contribution in [0.5, 0.6) is 0 Å². The van der Waals surface area contributed by atoms with E-state index in [0.717, 1.165) is 37.8 Å². The van der Waals surface area contributed by atoms with Gasteiger partial charge >= 0.3 is 0 Å². The molecular formula is C15H29ClN2O. The molecule has 1 aliphatic carbocycles. The lowest BCUT2D eigenvalue weighted by Gasteiger charge is -2.32. The maximum atomic E-state index is 12.1. The molecule has 1 saturated carbocycles. The molecule has 0 bridgehead atoms. The average molecular weight is 289 g/mol. The van der Waals surface area contributed by atoms with Gasteiger partial charge in [-0.1, -0.05) is 13.8 Å². The Labute approximate surface area is 123 Å². The summed E-state index contributed by atoms with van der Waals surface area (Å²) < 4.78 is 0. The van der Waals surface area contributed by atoms with Crippen molar-refractivity contribution in [3.63, 3.8) is 0 Å². The van der Waals surface area contributed by atoms with Crippen molar-refractivity contribution >= 4 is 18.3 Å². The van der Waals surface area contributed by atoms with Crippen molar-refractivity contribution in [3.8, 4) is 0 Å². The third kappa shape index (κ3) is 4.96. The Morgan fingerprint density at radius 2 is 1.63 bits per heavy atom. The van der Waals surface area contributed by atoms with Crippen LogP contribution < -0.4 is 10.6 Å². The van der Waals surface area contributed by atoms with Crippen LogP contribution in [-0.2, 0) is 4.79 Å². The molecule has 0 aromatic heterocycles. The first-order chi connectivity index (χ1) is 8.66. The standard InChI is InChI=1S/C15H28N2O.ClH/c1-11(2)12-3-5-14(6-4-12)17-15(18)13-7-9-16-10-8-13;/h11-14,16H,3-10H2,1-2H3,(H,17,18);1H. The molecule has 0 radical (unpaired) electrons. The number of piperidine rings is 1. The van der Waals surface area contributed by atoms with Crippen LogP contribution in [0, 0.1) is 17.8 Å². The Hall–Kier alpha value is -0.280. The second kappa shape index (κ2) is 8.11. The number of carbonyl (C=O) groups excluding carboxylic acids is 1. The molecule has 3 nitrogen and oxygen atoms in total. The van der Waals surface area contributed by atoms with E-state index in [4.69, 9.17) is 0 Å². The molecule has 2 rings (SSSR count). The van der Waals surface area contributed by atoms with Gasteiger partial charge in [0.15, 0.2) is 0 Å². The number of nitrogens with one attached hydrogen (secondary N) is 2. The second-order valence-corrected chi connectivity index (χ2v) is 6.39. The highest BCUT2D eigenvalue weighted by Crippen LogP contribution is 2.30. The van der Waals surface area contributed by atoms with Crippen LogP contribution in [0.2, 0.25) is 0 Å². The third-order valence-electron chi connectivity index (χ3n) is 4.77. The Bertz CT molecular complexity index is 269. The largest absolute Gasteiger partial charge is 0.353 e. The van der Waals surface area contributed by atoms with Gasteiger partial charge in [-0.2, -0.15) is 0 Å². The fourth-order valence-electron chi connectivity index (χ4n) is 3.33. The zero-order chi connectivity index (χ0) is 13.0. The molecular weight excluding hydrogens is 260 g/mol. The van der Waals surface area contributed by atoms with E-state index >= 15 is 0 Å². The van der Waals surface area contributed by atoms with Gasteiger partial charge in [0.2, 0.25) is 5.91 Å². The van der Waals surface area contributed by atoms with Crippen LogP contribution in [0.15, 0.2) is 0 Å². The van der Waals surface area contributed by atoms with Crippen molar-refractivity contribution < 1.29 is 4.79 Å². The lowest BCUT2D eigenvalue weighted by molar-refractivity contribution is -0.126. The lowest BCUT2D eigenvalue weighted by Crippen LogP contribution is -2.44. The molecule has 1 heterocycles. The number of rotatable bonds is 3. The number of carbonyl (C=O) groups is 1. The van der Waals surface area contributed by atoms with Crippen LogP contribution in [0.1, 0.15) is 52.4 Å². The Morgan fingerprint density at radius 1 is 1.05 bits per heavy atom. The van der Waals surface area contributed by atoms with E-state index in [1.165, 1.54) is 25.7 Å². The minimum atomic E-state index is 0. The van der Waals surface area contributed by atoms with Gasteiger partial charge in [-0.15, -0.1) is 12.4 Å². The zero-order valence-corrected chi connectivity index (χ0v) is 13.1. The molecule has 1 aliphatic heterocycles. The first kappa shape index (κ1) is 16.8. The molecule has 2 aliphatic rings. The van der Waals surface area contributed by atoms with E-state index in [0.29, 0.717) is 11.9 Å². The van der Waals surface area contributed by atoms with Crippen molar-refractivity contribution in [2.24, 2.45) is 17.8 Å². The quantitative estimate of drug-likeness (QED) is 0.838. The Balaban J connectivity index is 0.00000180. The molecule has 0 aromatic carbocycles. The SMILES string of the molecule is CC(C)C1CCC(NC(=O)C2CCNCC2)CC1.Cl. The molecule has 2 N–H and O–H groups in total. The van der Waals surface area contributed by atoms with Crippen molar-refractivity contribution in [2.45, 2.75) is 58.4 Å². The van der Waals surface area contributed by atoms with Crippen LogP contribution >= 0.6 is 12.4 Å². The molecule has 0 spiro atoms. The monoisotopic (exact) mass is 288 g/mol. The molecule has 0 atom stereocenters. The highest BCUT2D eigenvalue weighted by Gasteiger charge is 2.27. The van der Waals surface area contributed by atoms with Gasteiger partial charge in [0.05, 0.1) is 0 Å². The molecule has 2 fully saturated rings. The van der Waals surface area contributed by atoms with Gasteiger partial charge in [0.25, 0.3) is 0 Å². The van der Waals surface area contributed by atoms with E-state index in [9.17, 15) is 4.79 Å². The second-order valence-electron chi connectivity index (χ2n) is 6.39. The first-order valence-corrected chi connectivity index (χ1v) is 7.68. The highest BCUT2D eigenvalue weighted by molar-refractivity contribution is 5.85. The Morgan fingerprint density at radius 3 is 2.16 bits per heavy atom. The fraction of sp³-hybridized carbons (Fsp3) is 0.933. The van der Waals surface area contributed by atoms with Crippen LogP contribution in [0.25, 0.3) is 0 Å². The number of hydrogen-bond donors (Lipinski definition) is 2. The third-order valence-corrected chi connectivity index (χ3v) is 4.77. The zero-order valence-electron chi connectivity index (χ0n) is 12.3. The molecule has 1 amide bonds. The van der Waals surface area contributed by atoms with E-state index in [2.05, 4.69) is 24.5 Å². The van der Waals surface area contributed by atoms with Crippen molar-refractivity contribution in [3.05, 3.63) is 0 Å². The Kier molecular flexibility index (Phi) is 7.16.